The number of ether oxygens (including phenoxy) is 1. The number of halogens is 3. The number of imidazole rings is 1. The second-order valence-corrected chi connectivity index (χ2v) is 11.8. The van der Waals surface area contributed by atoms with Crippen LogP contribution in [0.3, 0.4) is 0 Å². The van der Waals surface area contributed by atoms with Crippen molar-refractivity contribution in [2.45, 2.75) is 37.8 Å². The normalized spacial score (nSPS) is 16.7. The molecule has 1 unspecified atom stereocenters. The van der Waals surface area contributed by atoms with E-state index in [4.69, 9.17) is 16.3 Å². The van der Waals surface area contributed by atoms with Crippen LogP contribution >= 0.6 is 11.6 Å². The van der Waals surface area contributed by atoms with Crippen LogP contribution in [0.2, 0.25) is 5.02 Å². The quantitative estimate of drug-likeness (QED) is 0.246. The molecule has 1 atom stereocenters. The Morgan fingerprint density at radius 1 is 1.02 bits per heavy atom. The minimum atomic E-state index is -1.07. The lowest BCUT2D eigenvalue weighted by Gasteiger charge is -2.40. The van der Waals surface area contributed by atoms with Crippen LogP contribution in [0.5, 0.6) is 0 Å². The molecule has 12 heteroatoms. The molecule has 1 N–H and O–H groups in total. The summed E-state index contributed by atoms with van der Waals surface area (Å²) >= 11 is 5.88. The van der Waals surface area contributed by atoms with Gasteiger partial charge in [-0.3, -0.25) is 9.59 Å². The highest BCUT2D eigenvalue weighted by Crippen LogP contribution is 2.38. The zero-order chi connectivity index (χ0) is 32.5. The summed E-state index contributed by atoms with van der Waals surface area (Å²) in [5.74, 6) is -3.78. The van der Waals surface area contributed by atoms with Gasteiger partial charge in [-0.15, -0.1) is 0 Å². The molecule has 4 aromatic rings. The second kappa shape index (κ2) is 13.0. The number of benzene rings is 3. The maximum atomic E-state index is 14.8. The van der Waals surface area contributed by atoms with Gasteiger partial charge in [0, 0.05) is 45.0 Å². The Bertz CT molecular complexity index is 1800. The van der Waals surface area contributed by atoms with E-state index in [1.807, 2.05) is 18.2 Å². The van der Waals surface area contributed by atoms with Crippen LogP contribution in [-0.4, -0.2) is 70.1 Å². The molecule has 9 nitrogen and oxygen atoms in total. The Kier molecular flexibility index (Phi) is 8.88. The first-order chi connectivity index (χ1) is 22.2. The van der Waals surface area contributed by atoms with Crippen molar-refractivity contribution in [2.24, 2.45) is 0 Å². The molecule has 0 bridgehead atoms. The number of amides is 1. The Morgan fingerprint density at radius 2 is 1.76 bits per heavy atom. The molecule has 0 spiro atoms. The average Bonchev–Trinajstić information content (AvgIpc) is 3.55. The number of aromatic nitrogens is 2. The molecule has 3 heterocycles. The first-order valence-electron chi connectivity index (χ1n) is 14.9. The number of nitrogens with zero attached hydrogens (tertiary/aromatic N) is 4. The maximum Gasteiger partial charge on any atom is 0.335 e. The fourth-order valence-electron chi connectivity index (χ4n) is 6.36. The molecule has 0 radical (unpaired) electrons. The minimum absolute atomic E-state index is 0.0510. The van der Waals surface area contributed by atoms with E-state index in [1.165, 1.54) is 23.2 Å². The van der Waals surface area contributed by atoms with E-state index in [1.54, 1.807) is 19.2 Å². The van der Waals surface area contributed by atoms with Gasteiger partial charge in [0.1, 0.15) is 29.6 Å². The van der Waals surface area contributed by atoms with E-state index in [0.717, 1.165) is 60.2 Å². The average molecular weight is 649 g/mol. The molecule has 46 heavy (non-hydrogen) atoms. The van der Waals surface area contributed by atoms with E-state index in [0.29, 0.717) is 17.5 Å². The van der Waals surface area contributed by atoms with Gasteiger partial charge in [0.2, 0.25) is 0 Å². The molecule has 6 rings (SSSR count). The zero-order valence-corrected chi connectivity index (χ0v) is 25.7. The molecule has 2 aliphatic rings. The lowest BCUT2D eigenvalue weighted by atomic mass is 9.86. The number of carboxylic acid groups (broad SMARTS) is 1. The van der Waals surface area contributed by atoms with Crippen molar-refractivity contribution in [2.75, 3.05) is 31.6 Å². The summed E-state index contributed by atoms with van der Waals surface area (Å²) in [6.45, 7) is 1.79. The van der Waals surface area contributed by atoms with Crippen molar-refractivity contribution in [3.63, 3.8) is 0 Å². The molecule has 238 valence electrons. The first kappa shape index (κ1) is 31.4. The van der Waals surface area contributed by atoms with Crippen LogP contribution in [0.1, 0.15) is 56.4 Å². The Hall–Kier alpha value is -4.61. The number of Topliss-reactive ketones (excluding diaryl/α,β-unsaturated/α-hetero) is 1. The number of piperidine rings is 1. The van der Waals surface area contributed by atoms with Crippen LogP contribution in [-0.2, 0) is 22.4 Å². The van der Waals surface area contributed by atoms with Crippen molar-refractivity contribution in [3.8, 4) is 5.69 Å². The number of carbonyl (C=O) groups is 3. The molecular formula is C34H31ClF2N4O5. The van der Waals surface area contributed by atoms with Gasteiger partial charge in [-0.05, 0) is 66.3 Å². The molecule has 1 amide bonds. The van der Waals surface area contributed by atoms with Gasteiger partial charge in [-0.1, -0.05) is 35.9 Å². The number of aromatic carboxylic acids is 1. The summed E-state index contributed by atoms with van der Waals surface area (Å²) in [6, 6.07) is 13.0. The van der Waals surface area contributed by atoms with E-state index in [-0.39, 0.29) is 41.1 Å². The summed E-state index contributed by atoms with van der Waals surface area (Å²) in [4.78, 5) is 47.4. The van der Waals surface area contributed by atoms with Crippen molar-refractivity contribution in [1.29, 1.82) is 0 Å². The van der Waals surface area contributed by atoms with Gasteiger partial charge >= 0.3 is 5.97 Å². The molecule has 1 saturated heterocycles. The third kappa shape index (κ3) is 6.00. The summed E-state index contributed by atoms with van der Waals surface area (Å²) < 4.78 is 35.9. The van der Waals surface area contributed by atoms with Gasteiger partial charge < -0.3 is 24.2 Å². The molecule has 1 aromatic heterocycles. The third-order valence-corrected chi connectivity index (χ3v) is 9.03. The van der Waals surface area contributed by atoms with Crippen molar-refractivity contribution in [1.82, 2.24) is 14.5 Å². The predicted molar refractivity (Wildman–Crippen MR) is 167 cm³/mol. The van der Waals surface area contributed by atoms with Gasteiger partial charge in [-0.2, -0.15) is 0 Å². The fourth-order valence-corrected chi connectivity index (χ4v) is 6.52. The summed E-state index contributed by atoms with van der Waals surface area (Å²) in [5.41, 5.74) is 2.83. The van der Waals surface area contributed by atoms with Crippen LogP contribution in [0.4, 0.5) is 14.5 Å². The van der Waals surface area contributed by atoms with Crippen molar-refractivity contribution >= 4 is 34.9 Å². The highest BCUT2D eigenvalue weighted by molar-refractivity contribution is 6.30. The van der Waals surface area contributed by atoms with Crippen molar-refractivity contribution < 1.29 is 33.0 Å². The number of fused-ring (bicyclic) bond motifs is 1. The largest absolute Gasteiger partial charge is 0.478 e. The number of anilines is 1. The number of methoxy groups -OCH3 is 1. The van der Waals surface area contributed by atoms with E-state index >= 15 is 0 Å². The third-order valence-electron chi connectivity index (χ3n) is 8.74. The van der Waals surface area contributed by atoms with Gasteiger partial charge in [0.25, 0.3) is 5.91 Å². The number of hydrogen-bond acceptors (Lipinski definition) is 6. The molecule has 1 fully saturated rings. The molecule has 0 aliphatic carbocycles. The maximum absolute atomic E-state index is 14.8. The number of hydrogen-bond donors (Lipinski definition) is 1. The topological polar surface area (TPSA) is 105 Å². The summed E-state index contributed by atoms with van der Waals surface area (Å²) in [7, 11) is 1.72. The van der Waals surface area contributed by atoms with E-state index in [9.17, 15) is 28.3 Å². The number of ketones is 1. The number of carbonyl (C=O) groups excluding carboxylic acids is 2. The second-order valence-electron chi connectivity index (χ2n) is 11.4. The zero-order valence-electron chi connectivity index (χ0n) is 25.0. The Labute approximate surface area is 269 Å². The summed E-state index contributed by atoms with van der Waals surface area (Å²) in [6.07, 6.45) is 4.72. The first-order valence-corrected chi connectivity index (χ1v) is 15.3. The predicted octanol–water partition coefficient (Wildman–Crippen LogP) is 5.67. The van der Waals surface area contributed by atoms with Gasteiger partial charge in [0.05, 0.1) is 16.7 Å². The van der Waals surface area contributed by atoms with Crippen LogP contribution in [0.15, 0.2) is 67.1 Å². The van der Waals surface area contributed by atoms with Crippen molar-refractivity contribution in [3.05, 3.63) is 112 Å². The smallest absolute Gasteiger partial charge is 0.335 e. The monoisotopic (exact) mass is 648 g/mol. The molecule has 2 aliphatic heterocycles. The number of carboxylic acids is 1. The van der Waals surface area contributed by atoms with Gasteiger partial charge in [0.15, 0.2) is 11.6 Å². The Balaban J connectivity index is 1.35. The van der Waals surface area contributed by atoms with Crippen LogP contribution < -0.4 is 4.90 Å². The number of rotatable bonds is 8. The van der Waals surface area contributed by atoms with Crippen LogP contribution in [0.25, 0.3) is 5.69 Å². The summed E-state index contributed by atoms with van der Waals surface area (Å²) in [5, 5.41) is 8.99. The lowest BCUT2D eigenvalue weighted by Crippen LogP contribution is -2.45. The molecule has 0 saturated carbocycles. The minimum Gasteiger partial charge on any atom is -0.478 e. The molecule has 3 aromatic carbocycles. The van der Waals surface area contributed by atoms with E-state index in [2.05, 4.69) is 9.88 Å². The highest BCUT2D eigenvalue weighted by atomic mass is 35.5. The van der Waals surface area contributed by atoms with Gasteiger partial charge in [-0.25, -0.2) is 18.6 Å². The van der Waals surface area contributed by atoms with E-state index < -0.39 is 35.2 Å². The Morgan fingerprint density at radius 3 is 2.46 bits per heavy atom. The fraction of sp³-hybridized carbons (Fsp3) is 0.294. The SMILES string of the molecule is COC1CCN(c2cccc3c2CCN(C(=O)c2cn(-c4c(F)ccc(Cl)c4F)cn2)C3C(=O)Cc2ccc(C(=O)O)cc2)CC1. The highest BCUT2D eigenvalue weighted by Gasteiger charge is 2.38. The van der Waals surface area contributed by atoms with Crippen LogP contribution in [0, 0.1) is 11.6 Å². The lowest BCUT2D eigenvalue weighted by molar-refractivity contribution is -0.123. The standard InChI is InChI=1S/C34H31ClF2N4O5/c1-46-22-11-14-39(15-12-22)28-4-2-3-24-23(28)13-16-41(31(24)29(42)17-20-5-7-21(8-6-20)34(44)45)33(43)27-18-40(19-38-27)32-26(36)10-9-25(35)30(32)37/h2-10,18-19,22,31H,11-17H2,1H3,(H,44,45). The molecular weight excluding hydrogens is 618 g/mol.